The lowest BCUT2D eigenvalue weighted by molar-refractivity contribution is 0.607. The van der Waals surface area contributed by atoms with E-state index >= 15 is 0 Å². The highest BCUT2D eigenvalue weighted by Crippen LogP contribution is 2.15. The van der Waals surface area contributed by atoms with Crippen molar-refractivity contribution in [3.05, 3.63) is 59.2 Å². The maximum atomic E-state index is 13.4. The van der Waals surface area contributed by atoms with Crippen molar-refractivity contribution in [2.24, 2.45) is 0 Å². The Hall–Kier alpha value is -1.57. The molecule has 0 aliphatic carbocycles. The predicted molar refractivity (Wildman–Crippen MR) is 59.4 cm³/mol. The summed E-state index contributed by atoms with van der Waals surface area (Å²) in [4.78, 5) is 0. The Labute approximate surface area is 89.2 Å². The van der Waals surface area contributed by atoms with Crippen molar-refractivity contribution in [1.82, 2.24) is 4.57 Å². The molecule has 78 valence electrons. The quantitative estimate of drug-likeness (QED) is 0.705. The van der Waals surface area contributed by atoms with Crippen LogP contribution in [0.15, 0.2) is 36.7 Å². The Morgan fingerprint density at radius 1 is 1.07 bits per heavy atom. The molecule has 0 radical (unpaired) electrons. The highest BCUT2D eigenvalue weighted by Gasteiger charge is 2.04. The molecule has 2 rings (SSSR count). The summed E-state index contributed by atoms with van der Waals surface area (Å²) < 4.78 is 15.5. The van der Waals surface area contributed by atoms with Gasteiger partial charge in [0.05, 0.1) is 0 Å². The second-order valence-corrected chi connectivity index (χ2v) is 3.90. The number of hydrogen-bond acceptors (Lipinski definition) is 0. The van der Waals surface area contributed by atoms with Crippen LogP contribution in [-0.4, -0.2) is 4.57 Å². The fraction of sp³-hybridized carbons (Fsp3) is 0.231. The minimum Gasteiger partial charge on any atom is -0.350 e. The minimum absolute atomic E-state index is 0.0914. The molecule has 0 N–H and O–H groups in total. The molecular formula is C13H14FN. The SMILES string of the molecule is Cc1cc(Cn2cccc2)cc(C)c1F. The van der Waals surface area contributed by atoms with E-state index in [1.807, 2.05) is 50.5 Å². The molecular weight excluding hydrogens is 189 g/mol. The van der Waals surface area contributed by atoms with Crippen LogP contribution >= 0.6 is 0 Å². The molecule has 2 aromatic rings. The molecule has 2 heteroatoms. The van der Waals surface area contributed by atoms with Crippen LogP contribution in [0, 0.1) is 19.7 Å². The second-order valence-electron chi connectivity index (χ2n) is 3.90. The molecule has 15 heavy (non-hydrogen) atoms. The maximum absolute atomic E-state index is 13.4. The molecule has 1 aromatic heterocycles. The largest absolute Gasteiger partial charge is 0.350 e. The van der Waals surface area contributed by atoms with Crippen molar-refractivity contribution in [2.75, 3.05) is 0 Å². The Balaban J connectivity index is 2.30. The van der Waals surface area contributed by atoms with E-state index in [1.54, 1.807) is 0 Å². The number of halogens is 1. The fourth-order valence-electron chi connectivity index (χ4n) is 1.81. The smallest absolute Gasteiger partial charge is 0.129 e. The first-order chi connectivity index (χ1) is 7.16. The van der Waals surface area contributed by atoms with Crippen LogP contribution in [0.5, 0.6) is 0 Å². The number of aromatic nitrogens is 1. The first-order valence-corrected chi connectivity index (χ1v) is 5.03. The Bertz CT molecular complexity index is 434. The monoisotopic (exact) mass is 203 g/mol. The van der Waals surface area contributed by atoms with Crippen LogP contribution in [0.4, 0.5) is 4.39 Å². The van der Waals surface area contributed by atoms with Gasteiger partial charge in [0.25, 0.3) is 0 Å². The van der Waals surface area contributed by atoms with Crippen molar-refractivity contribution < 1.29 is 4.39 Å². The Morgan fingerprint density at radius 2 is 1.60 bits per heavy atom. The van der Waals surface area contributed by atoms with Crippen molar-refractivity contribution in [1.29, 1.82) is 0 Å². The fourth-order valence-corrected chi connectivity index (χ4v) is 1.81. The van der Waals surface area contributed by atoms with E-state index in [4.69, 9.17) is 0 Å². The summed E-state index contributed by atoms with van der Waals surface area (Å²) in [7, 11) is 0. The van der Waals surface area contributed by atoms with Gasteiger partial charge in [0.1, 0.15) is 5.82 Å². The number of nitrogens with zero attached hydrogens (tertiary/aromatic N) is 1. The maximum Gasteiger partial charge on any atom is 0.129 e. The highest BCUT2D eigenvalue weighted by molar-refractivity contribution is 5.30. The van der Waals surface area contributed by atoms with Crippen LogP contribution in [0.2, 0.25) is 0 Å². The molecule has 0 aliphatic rings. The van der Waals surface area contributed by atoms with Crippen LogP contribution in [0.25, 0.3) is 0 Å². The average molecular weight is 203 g/mol. The molecule has 0 atom stereocenters. The Morgan fingerprint density at radius 3 is 2.13 bits per heavy atom. The number of rotatable bonds is 2. The van der Waals surface area contributed by atoms with Crippen LogP contribution in [0.1, 0.15) is 16.7 Å². The van der Waals surface area contributed by atoms with Gasteiger partial charge in [-0.3, -0.25) is 0 Å². The van der Waals surface area contributed by atoms with Crippen LogP contribution in [-0.2, 0) is 6.54 Å². The van der Waals surface area contributed by atoms with Crippen LogP contribution in [0.3, 0.4) is 0 Å². The first-order valence-electron chi connectivity index (χ1n) is 5.03. The summed E-state index contributed by atoms with van der Waals surface area (Å²) >= 11 is 0. The second kappa shape index (κ2) is 3.89. The zero-order valence-electron chi connectivity index (χ0n) is 9.00. The molecule has 0 fully saturated rings. The summed E-state index contributed by atoms with van der Waals surface area (Å²) in [5.74, 6) is -0.0914. The third kappa shape index (κ3) is 2.09. The van der Waals surface area contributed by atoms with Gasteiger partial charge >= 0.3 is 0 Å². The zero-order valence-corrected chi connectivity index (χ0v) is 9.00. The lowest BCUT2D eigenvalue weighted by Gasteiger charge is -2.07. The van der Waals surface area contributed by atoms with Gasteiger partial charge < -0.3 is 4.57 Å². The third-order valence-corrected chi connectivity index (χ3v) is 2.53. The molecule has 0 amide bonds. The summed E-state index contributed by atoms with van der Waals surface area (Å²) in [6.07, 6.45) is 4.02. The van der Waals surface area contributed by atoms with Gasteiger partial charge in [0, 0.05) is 18.9 Å². The molecule has 1 nitrogen and oxygen atoms in total. The summed E-state index contributed by atoms with van der Waals surface area (Å²) in [5, 5.41) is 0. The number of benzene rings is 1. The molecule has 0 aliphatic heterocycles. The van der Waals surface area contributed by atoms with Crippen molar-refractivity contribution in [3.63, 3.8) is 0 Å². The summed E-state index contributed by atoms with van der Waals surface area (Å²) in [5.41, 5.74) is 2.58. The van der Waals surface area contributed by atoms with E-state index in [-0.39, 0.29) is 5.82 Å². The van der Waals surface area contributed by atoms with E-state index in [0.717, 1.165) is 23.2 Å². The van der Waals surface area contributed by atoms with Crippen molar-refractivity contribution in [2.45, 2.75) is 20.4 Å². The molecule has 1 heterocycles. The lowest BCUT2D eigenvalue weighted by atomic mass is 10.1. The van der Waals surface area contributed by atoms with Gasteiger partial charge in [-0.25, -0.2) is 4.39 Å². The number of hydrogen-bond donors (Lipinski definition) is 0. The first kappa shape index (κ1) is 9.97. The van der Waals surface area contributed by atoms with Gasteiger partial charge in [-0.15, -0.1) is 0 Å². The number of aryl methyl sites for hydroxylation is 2. The van der Waals surface area contributed by atoms with Gasteiger partial charge in [0.2, 0.25) is 0 Å². The zero-order chi connectivity index (χ0) is 10.8. The van der Waals surface area contributed by atoms with E-state index in [2.05, 4.69) is 4.57 Å². The molecule has 0 bridgehead atoms. The molecule has 0 saturated heterocycles. The topological polar surface area (TPSA) is 4.93 Å². The van der Waals surface area contributed by atoms with Gasteiger partial charge in [-0.1, -0.05) is 12.1 Å². The normalized spacial score (nSPS) is 10.6. The molecule has 1 aromatic carbocycles. The average Bonchev–Trinajstić information content (AvgIpc) is 2.66. The third-order valence-electron chi connectivity index (χ3n) is 2.53. The van der Waals surface area contributed by atoms with Gasteiger partial charge in [0.15, 0.2) is 0 Å². The molecule has 0 unspecified atom stereocenters. The minimum atomic E-state index is -0.0914. The highest BCUT2D eigenvalue weighted by atomic mass is 19.1. The Kier molecular flexibility index (Phi) is 2.58. The van der Waals surface area contributed by atoms with Gasteiger partial charge in [-0.05, 0) is 42.7 Å². The summed E-state index contributed by atoms with van der Waals surface area (Å²) in [6, 6.07) is 7.79. The standard InChI is InChI=1S/C13H14FN/c1-10-7-12(8-11(2)13(10)14)9-15-5-3-4-6-15/h3-8H,9H2,1-2H3. The van der Waals surface area contributed by atoms with E-state index < -0.39 is 0 Å². The van der Waals surface area contributed by atoms with E-state index in [0.29, 0.717) is 0 Å². The van der Waals surface area contributed by atoms with Crippen LogP contribution < -0.4 is 0 Å². The predicted octanol–water partition coefficient (Wildman–Crippen LogP) is 3.29. The van der Waals surface area contributed by atoms with Crippen molar-refractivity contribution >= 4 is 0 Å². The summed E-state index contributed by atoms with van der Waals surface area (Å²) in [6.45, 7) is 4.41. The van der Waals surface area contributed by atoms with Crippen molar-refractivity contribution in [3.8, 4) is 0 Å². The lowest BCUT2D eigenvalue weighted by Crippen LogP contribution is -1.99. The van der Waals surface area contributed by atoms with E-state index in [9.17, 15) is 4.39 Å². The van der Waals surface area contributed by atoms with E-state index in [1.165, 1.54) is 0 Å². The molecule has 0 spiro atoms. The molecule has 0 saturated carbocycles. The van der Waals surface area contributed by atoms with Gasteiger partial charge in [-0.2, -0.15) is 0 Å².